The molecule has 5 heteroatoms. The molecule has 0 fully saturated rings. The second-order valence-electron chi connectivity index (χ2n) is 4.80. The van der Waals surface area contributed by atoms with Crippen molar-refractivity contribution in [3.8, 4) is 0 Å². The molecule has 0 atom stereocenters. The van der Waals surface area contributed by atoms with Gasteiger partial charge in [0.15, 0.2) is 0 Å². The zero-order chi connectivity index (χ0) is 16.7. The summed E-state index contributed by atoms with van der Waals surface area (Å²) in [5.74, 6) is -0.626. The van der Waals surface area contributed by atoms with Crippen molar-refractivity contribution in [2.45, 2.75) is 13.8 Å². The molecule has 0 radical (unpaired) electrons. The Bertz CT molecular complexity index is 707. The fourth-order valence-electron chi connectivity index (χ4n) is 1.92. The Morgan fingerprint density at radius 1 is 0.957 bits per heavy atom. The van der Waals surface area contributed by atoms with Crippen molar-refractivity contribution in [1.82, 2.24) is 5.43 Å². The first-order valence-corrected chi connectivity index (χ1v) is 7.29. The highest BCUT2D eigenvalue weighted by Gasteiger charge is 2.07. The summed E-state index contributed by atoms with van der Waals surface area (Å²) in [6.45, 7) is 3.88. The SMILES string of the molecule is CCOC(=O)c1ccc(/C(C)=N/NC(=O)c2ccccc2)cc1. The van der Waals surface area contributed by atoms with Gasteiger partial charge in [-0.2, -0.15) is 5.10 Å². The van der Waals surface area contributed by atoms with Crippen LogP contribution in [0.15, 0.2) is 59.7 Å². The number of hydrogen-bond acceptors (Lipinski definition) is 4. The molecule has 1 amide bonds. The highest BCUT2D eigenvalue weighted by Crippen LogP contribution is 2.07. The summed E-state index contributed by atoms with van der Waals surface area (Å²) in [6.07, 6.45) is 0. The lowest BCUT2D eigenvalue weighted by atomic mass is 10.1. The summed E-state index contributed by atoms with van der Waals surface area (Å²) in [6, 6.07) is 15.7. The van der Waals surface area contributed by atoms with Gasteiger partial charge in [0.05, 0.1) is 17.9 Å². The fourth-order valence-corrected chi connectivity index (χ4v) is 1.92. The standard InChI is InChI=1S/C18H18N2O3/c1-3-23-18(22)16-11-9-14(10-12-16)13(2)19-20-17(21)15-7-5-4-6-8-15/h4-12H,3H2,1-2H3,(H,20,21)/b19-13+. The summed E-state index contributed by atoms with van der Waals surface area (Å²) in [4.78, 5) is 23.5. The van der Waals surface area contributed by atoms with Gasteiger partial charge in [-0.15, -0.1) is 0 Å². The Morgan fingerprint density at radius 2 is 1.57 bits per heavy atom. The largest absolute Gasteiger partial charge is 0.462 e. The number of rotatable bonds is 5. The summed E-state index contributed by atoms with van der Waals surface area (Å²) < 4.78 is 4.93. The molecule has 0 heterocycles. The highest BCUT2D eigenvalue weighted by atomic mass is 16.5. The summed E-state index contributed by atoms with van der Waals surface area (Å²) >= 11 is 0. The first-order chi connectivity index (χ1) is 11.1. The second-order valence-corrected chi connectivity index (χ2v) is 4.80. The molecule has 0 unspecified atom stereocenters. The van der Waals surface area contributed by atoms with E-state index in [-0.39, 0.29) is 11.9 Å². The van der Waals surface area contributed by atoms with E-state index >= 15 is 0 Å². The third-order valence-electron chi connectivity index (χ3n) is 3.17. The quantitative estimate of drug-likeness (QED) is 0.524. The van der Waals surface area contributed by atoms with Crippen LogP contribution in [0.3, 0.4) is 0 Å². The molecule has 0 saturated heterocycles. The van der Waals surface area contributed by atoms with Crippen LogP contribution in [-0.4, -0.2) is 24.2 Å². The third-order valence-corrected chi connectivity index (χ3v) is 3.17. The van der Waals surface area contributed by atoms with Crippen LogP contribution in [0, 0.1) is 0 Å². The third kappa shape index (κ3) is 4.51. The number of esters is 1. The van der Waals surface area contributed by atoms with Gasteiger partial charge >= 0.3 is 5.97 Å². The molecule has 2 rings (SSSR count). The van der Waals surface area contributed by atoms with Crippen LogP contribution in [0.25, 0.3) is 0 Å². The molecule has 0 bridgehead atoms. The van der Waals surface area contributed by atoms with E-state index in [0.29, 0.717) is 23.4 Å². The minimum atomic E-state index is -0.356. The van der Waals surface area contributed by atoms with Crippen molar-refractivity contribution in [2.75, 3.05) is 6.61 Å². The maximum atomic E-state index is 11.9. The molecule has 2 aromatic rings. The normalized spacial score (nSPS) is 11.0. The molecule has 1 N–H and O–H groups in total. The zero-order valence-corrected chi connectivity index (χ0v) is 13.1. The van der Waals surface area contributed by atoms with Gasteiger partial charge in [-0.3, -0.25) is 4.79 Å². The maximum Gasteiger partial charge on any atom is 0.338 e. The average molecular weight is 310 g/mol. The molecule has 5 nitrogen and oxygen atoms in total. The molecule has 2 aromatic carbocycles. The maximum absolute atomic E-state index is 11.9. The van der Waals surface area contributed by atoms with Gasteiger partial charge < -0.3 is 4.74 Å². The molecular weight excluding hydrogens is 292 g/mol. The van der Waals surface area contributed by atoms with E-state index in [4.69, 9.17) is 4.74 Å². The van der Waals surface area contributed by atoms with Crippen LogP contribution in [-0.2, 0) is 4.74 Å². The van der Waals surface area contributed by atoms with E-state index in [0.717, 1.165) is 5.56 Å². The molecular formula is C18H18N2O3. The Hall–Kier alpha value is -2.95. The Balaban J connectivity index is 2.03. The fraction of sp³-hybridized carbons (Fsp3) is 0.167. The van der Waals surface area contributed by atoms with Gasteiger partial charge in [0.25, 0.3) is 5.91 Å². The van der Waals surface area contributed by atoms with Crippen LogP contribution in [0.4, 0.5) is 0 Å². The number of hydrazone groups is 1. The minimum Gasteiger partial charge on any atom is -0.462 e. The molecule has 118 valence electrons. The number of hydrogen-bond donors (Lipinski definition) is 1. The van der Waals surface area contributed by atoms with Crippen molar-refractivity contribution >= 4 is 17.6 Å². The van der Waals surface area contributed by atoms with Gasteiger partial charge in [-0.05, 0) is 43.7 Å². The zero-order valence-electron chi connectivity index (χ0n) is 13.1. The Kier molecular flexibility index (Phi) is 5.63. The van der Waals surface area contributed by atoms with E-state index in [2.05, 4.69) is 10.5 Å². The van der Waals surface area contributed by atoms with Gasteiger partial charge in [0.1, 0.15) is 0 Å². The molecule has 0 spiro atoms. The van der Waals surface area contributed by atoms with Crippen molar-refractivity contribution in [2.24, 2.45) is 5.10 Å². The number of nitrogens with one attached hydrogen (secondary N) is 1. The Morgan fingerprint density at radius 3 is 2.17 bits per heavy atom. The number of benzene rings is 2. The summed E-state index contributed by atoms with van der Waals surface area (Å²) in [5.41, 5.74) is 4.99. The van der Waals surface area contributed by atoms with Crippen LogP contribution >= 0.6 is 0 Å². The van der Waals surface area contributed by atoms with Crippen molar-refractivity contribution in [1.29, 1.82) is 0 Å². The van der Waals surface area contributed by atoms with Crippen molar-refractivity contribution in [3.63, 3.8) is 0 Å². The number of amides is 1. The predicted octanol–water partition coefficient (Wildman–Crippen LogP) is 3.02. The molecule has 23 heavy (non-hydrogen) atoms. The van der Waals surface area contributed by atoms with E-state index < -0.39 is 0 Å². The van der Waals surface area contributed by atoms with Gasteiger partial charge in [0.2, 0.25) is 0 Å². The number of ether oxygens (including phenoxy) is 1. The molecule has 0 aliphatic rings. The minimum absolute atomic E-state index is 0.270. The van der Waals surface area contributed by atoms with Crippen molar-refractivity contribution < 1.29 is 14.3 Å². The molecule has 0 aliphatic heterocycles. The van der Waals surface area contributed by atoms with Gasteiger partial charge in [-0.1, -0.05) is 30.3 Å². The van der Waals surface area contributed by atoms with Crippen LogP contribution < -0.4 is 5.43 Å². The number of carbonyl (C=O) groups excluding carboxylic acids is 2. The first kappa shape index (κ1) is 16.4. The van der Waals surface area contributed by atoms with E-state index in [9.17, 15) is 9.59 Å². The monoisotopic (exact) mass is 310 g/mol. The van der Waals surface area contributed by atoms with E-state index in [1.807, 2.05) is 6.07 Å². The van der Waals surface area contributed by atoms with Gasteiger partial charge in [-0.25, -0.2) is 10.2 Å². The summed E-state index contributed by atoms with van der Waals surface area (Å²) in [7, 11) is 0. The Labute approximate surface area is 135 Å². The van der Waals surface area contributed by atoms with Crippen molar-refractivity contribution in [3.05, 3.63) is 71.3 Å². The number of carbonyl (C=O) groups is 2. The molecule has 0 saturated carbocycles. The van der Waals surface area contributed by atoms with E-state index in [1.54, 1.807) is 62.4 Å². The number of nitrogens with zero attached hydrogens (tertiary/aromatic N) is 1. The topological polar surface area (TPSA) is 67.8 Å². The van der Waals surface area contributed by atoms with E-state index in [1.165, 1.54) is 0 Å². The molecule has 0 aliphatic carbocycles. The van der Waals surface area contributed by atoms with Crippen LogP contribution in [0.5, 0.6) is 0 Å². The average Bonchev–Trinajstić information content (AvgIpc) is 2.60. The lowest BCUT2D eigenvalue weighted by Crippen LogP contribution is -2.19. The van der Waals surface area contributed by atoms with Gasteiger partial charge in [0, 0.05) is 5.56 Å². The molecule has 0 aromatic heterocycles. The first-order valence-electron chi connectivity index (χ1n) is 7.29. The highest BCUT2D eigenvalue weighted by molar-refractivity contribution is 6.01. The predicted molar refractivity (Wildman–Crippen MR) is 88.5 cm³/mol. The lowest BCUT2D eigenvalue weighted by Gasteiger charge is -2.05. The second kappa shape index (κ2) is 7.89. The van der Waals surface area contributed by atoms with Crippen LogP contribution in [0.2, 0.25) is 0 Å². The summed E-state index contributed by atoms with van der Waals surface area (Å²) in [5, 5.41) is 4.08. The smallest absolute Gasteiger partial charge is 0.338 e. The van der Waals surface area contributed by atoms with Crippen LogP contribution in [0.1, 0.15) is 40.1 Å². The lowest BCUT2D eigenvalue weighted by molar-refractivity contribution is 0.0526.